The van der Waals surface area contributed by atoms with E-state index in [1.807, 2.05) is 0 Å². The van der Waals surface area contributed by atoms with Crippen molar-refractivity contribution in [3.05, 3.63) is 27.7 Å². The minimum atomic E-state index is -0.374. The van der Waals surface area contributed by atoms with Gasteiger partial charge in [0.2, 0.25) is 5.91 Å². The van der Waals surface area contributed by atoms with E-state index in [2.05, 4.69) is 5.32 Å². The van der Waals surface area contributed by atoms with Crippen molar-refractivity contribution in [2.75, 3.05) is 19.6 Å². The van der Waals surface area contributed by atoms with Gasteiger partial charge in [0, 0.05) is 31.1 Å². The van der Waals surface area contributed by atoms with Crippen LogP contribution in [0.5, 0.6) is 5.75 Å². The minimum Gasteiger partial charge on any atom is -0.508 e. The summed E-state index contributed by atoms with van der Waals surface area (Å²) in [6, 6.07) is 2.99. The zero-order chi connectivity index (χ0) is 15.9. The molecular formula is C15H18Cl2N2O3. The first kappa shape index (κ1) is 15.9. The summed E-state index contributed by atoms with van der Waals surface area (Å²) in [5, 5.41) is 23.3. The van der Waals surface area contributed by atoms with Crippen molar-refractivity contribution in [1.82, 2.24) is 10.2 Å². The Hall–Kier alpha value is -1.01. The predicted octanol–water partition coefficient (Wildman–Crippen LogP) is 1.94. The topological polar surface area (TPSA) is 72.8 Å². The maximum absolute atomic E-state index is 12.0. The van der Waals surface area contributed by atoms with E-state index < -0.39 is 0 Å². The number of aromatic hydroxyl groups is 1. The van der Waals surface area contributed by atoms with Crippen molar-refractivity contribution < 1.29 is 15.0 Å². The van der Waals surface area contributed by atoms with Crippen LogP contribution < -0.4 is 5.32 Å². The molecule has 1 aromatic carbocycles. The number of nitrogens with zero attached hydrogens (tertiary/aromatic N) is 1. The fraction of sp³-hybridized carbons (Fsp3) is 0.533. The highest BCUT2D eigenvalue weighted by atomic mass is 35.5. The van der Waals surface area contributed by atoms with Gasteiger partial charge in [-0.15, -0.1) is 0 Å². The van der Waals surface area contributed by atoms with E-state index in [1.54, 1.807) is 11.0 Å². The molecule has 0 aromatic heterocycles. The molecule has 2 aliphatic heterocycles. The van der Waals surface area contributed by atoms with Gasteiger partial charge in [0.05, 0.1) is 16.1 Å². The molecule has 0 aliphatic carbocycles. The van der Waals surface area contributed by atoms with Gasteiger partial charge in [-0.2, -0.15) is 0 Å². The number of aliphatic hydroxyl groups excluding tert-OH is 1. The molecule has 2 heterocycles. The van der Waals surface area contributed by atoms with Gasteiger partial charge in [0.25, 0.3) is 0 Å². The molecule has 3 rings (SSSR count). The van der Waals surface area contributed by atoms with Crippen LogP contribution in [0.15, 0.2) is 12.1 Å². The highest BCUT2D eigenvalue weighted by Gasteiger charge is 2.34. The lowest BCUT2D eigenvalue weighted by molar-refractivity contribution is -0.142. The molecule has 0 saturated carbocycles. The van der Waals surface area contributed by atoms with E-state index >= 15 is 0 Å². The van der Waals surface area contributed by atoms with E-state index in [9.17, 15) is 15.0 Å². The third kappa shape index (κ3) is 3.04. The smallest absolute Gasteiger partial charge is 0.223 e. The number of carbonyl (C=O) groups is 1. The molecule has 22 heavy (non-hydrogen) atoms. The number of hydrogen-bond donors (Lipinski definition) is 3. The quantitative estimate of drug-likeness (QED) is 0.783. The van der Waals surface area contributed by atoms with E-state index in [4.69, 9.17) is 23.2 Å². The van der Waals surface area contributed by atoms with Gasteiger partial charge in [-0.3, -0.25) is 4.79 Å². The zero-order valence-corrected chi connectivity index (χ0v) is 13.4. The molecule has 2 atom stereocenters. The lowest BCUT2D eigenvalue weighted by Crippen LogP contribution is -2.53. The Kier molecular flexibility index (Phi) is 4.50. The summed E-state index contributed by atoms with van der Waals surface area (Å²) in [5.74, 6) is 0.369. The number of carbonyl (C=O) groups excluding carboxylic acids is 1. The van der Waals surface area contributed by atoms with Gasteiger partial charge in [-0.25, -0.2) is 0 Å². The van der Waals surface area contributed by atoms with Crippen molar-refractivity contribution in [2.24, 2.45) is 5.92 Å². The van der Waals surface area contributed by atoms with Gasteiger partial charge in [0.15, 0.2) is 0 Å². The van der Waals surface area contributed by atoms with Crippen molar-refractivity contribution >= 4 is 29.1 Å². The number of aliphatic hydroxyl groups is 1. The first-order valence-corrected chi connectivity index (χ1v) is 8.07. The standard InChI is InChI=1S/C15H18Cl2N2O3/c16-10-1-2-12(21)14(15(10)17)11-3-8(5-18-11)4-13(22)19-6-9(20)7-19/h1-2,8-9,11,18,20-21H,3-7H2/t8-,11+/m0/s1. The molecule has 3 N–H and O–H groups in total. The maximum Gasteiger partial charge on any atom is 0.223 e. The second kappa shape index (κ2) is 6.24. The lowest BCUT2D eigenvalue weighted by Gasteiger charge is -2.36. The van der Waals surface area contributed by atoms with Crippen LogP contribution in [-0.4, -0.2) is 46.8 Å². The van der Waals surface area contributed by atoms with E-state index in [-0.39, 0.29) is 29.7 Å². The third-order valence-corrected chi connectivity index (χ3v) is 5.18. The number of β-amino-alcohol motifs (C(OH)–C–C–N with tert-alkyl or cyclic N) is 1. The van der Waals surface area contributed by atoms with Crippen molar-refractivity contribution in [3.8, 4) is 5.75 Å². The third-order valence-electron chi connectivity index (χ3n) is 4.36. The Morgan fingerprint density at radius 1 is 1.36 bits per heavy atom. The molecule has 0 spiro atoms. The summed E-state index contributed by atoms with van der Waals surface area (Å²) >= 11 is 12.2. The Bertz CT molecular complexity index is 590. The highest BCUT2D eigenvalue weighted by molar-refractivity contribution is 6.42. The predicted molar refractivity (Wildman–Crippen MR) is 84.2 cm³/mol. The van der Waals surface area contributed by atoms with Crippen LogP contribution >= 0.6 is 23.2 Å². The number of amides is 1. The summed E-state index contributed by atoms with van der Waals surface area (Å²) in [4.78, 5) is 13.7. The number of likely N-dealkylation sites (tertiary alicyclic amines) is 1. The zero-order valence-electron chi connectivity index (χ0n) is 11.9. The molecule has 2 aliphatic rings. The van der Waals surface area contributed by atoms with Crippen LogP contribution in [0.1, 0.15) is 24.4 Å². The molecule has 2 fully saturated rings. The summed E-state index contributed by atoms with van der Waals surface area (Å²) in [6.45, 7) is 1.56. The molecule has 7 heteroatoms. The fourth-order valence-corrected chi connectivity index (χ4v) is 3.56. The first-order valence-electron chi connectivity index (χ1n) is 7.31. The molecule has 5 nitrogen and oxygen atoms in total. The Morgan fingerprint density at radius 2 is 2.09 bits per heavy atom. The monoisotopic (exact) mass is 344 g/mol. The molecular weight excluding hydrogens is 327 g/mol. The van der Waals surface area contributed by atoms with Crippen LogP contribution in [0.25, 0.3) is 0 Å². The highest BCUT2D eigenvalue weighted by Crippen LogP contribution is 2.41. The number of phenols is 1. The number of rotatable bonds is 3. The number of hydrogen-bond acceptors (Lipinski definition) is 4. The lowest BCUT2D eigenvalue weighted by atomic mass is 9.96. The number of benzene rings is 1. The Labute approximate surface area is 138 Å². The molecule has 2 saturated heterocycles. The van der Waals surface area contributed by atoms with Crippen LogP contribution in [0.2, 0.25) is 10.0 Å². The Morgan fingerprint density at radius 3 is 2.77 bits per heavy atom. The maximum atomic E-state index is 12.0. The first-order chi connectivity index (χ1) is 10.5. The van der Waals surface area contributed by atoms with Gasteiger partial charge >= 0.3 is 0 Å². The average molecular weight is 345 g/mol. The van der Waals surface area contributed by atoms with E-state index in [0.29, 0.717) is 41.7 Å². The summed E-state index contributed by atoms with van der Waals surface area (Å²) in [5.41, 5.74) is 0.600. The second-order valence-electron chi connectivity index (χ2n) is 6.01. The molecule has 0 unspecified atom stereocenters. The van der Waals surface area contributed by atoms with Crippen LogP contribution in [0.4, 0.5) is 0 Å². The Balaban J connectivity index is 1.63. The average Bonchev–Trinajstić information content (AvgIpc) is 2.88. The molecule has 1 aromatic rings. The molecule has 0 bridgehead atoms. The van der Waals surface area contributed by atoms with Crippen molar-refractivity contribution in [2.45, 2.75) is 25.0 Å². The normalized spacial score (nSPS) is 25.3. The summed E-state index contributed by atoms with van der Waals surface area (Å²) < 4.78 is 0. The molecule has 120 valence electrons. The molecule has 1 amide bonds. The van der Waals surface area contributed by atoms with Crippen molar-refractivity contribution in [1.29, 1.82) is 0 Å². The van der Waals surface area contributed by atoms with Gasteiger partial charge in [-0.05, 0) is 31.0 Å². The van der Waals surface area contributed by atoms with Gasteiger partial charge in [0.1, 0.15) is 5.75 Å². The number of nitrogens with one attached hydrogen (secondary N) is 1. The van der Waals surface area contributed by atoms with Crippen LogP contribution in [0.3, 0.4) is 0 Å². The molecule has 0 radical (unpaired) electrons. The van der Waals surface area contributed by atoms with Gasteiger partial charge in [-0.1, -0.05) is 23.2 Å². The van der Waals surface area contributed by atoms with Crippen LogP contribution in [-0.2, 0) is 4.79 Å². The second-order valence-corrected chi connectivity index (χ2v) is 6.80. The fourth-order valence-electron chi connectivity index (χ4n) is 3.11. The van der Waals surface area contributed by atoms with E-state index in [0.717, 1.165) is 6.42 Å². The summed E-state index contributed by atoms with van der Waals surface area (Å²) in [7, 11) is 0. The van der Waals surface area contributed by atoms with Crippen molar-refractivity contribution in [3.63, 3.8) is 0 Å². The number of halogens is 2. The SMILES string of the molecule is O=C(C[C@H]1CN[C@@H](c2c(O)ccc(Cl)c2Cl)C1)N1CC(O)C1. The van der Waals surface area contributed by atoms with Crippen LogP contribution in [0, 0.1) is 5.92 Å². The van der Waals surface area contributed by atoms with Gasteiger partial charge < -0.3 is 20.4 Å². The largest absolute Gasteiger partial charge is 0.508 e. The minimum absolute atomic E-state index is 0.0687. The summed E-state index contributed by atoms with van der Waals surface area (Å²) in [6.07, 6.45) is 0.783. The number of phenolic OH excluding ortho intramolecular Hbond substituents is 1. The van der Waals surface area contributed by atoms with E-state index in [1.165, 1.54) is 6.07 Å².